The summed E-state index contributed by atoms with van der Waals surface area (Å²) >= 11 is 0. The number of anilines is 3. The molecule has 0 atom stereocenters. The molecule has 31 rings (SSSR count). The van der Waals surface area contributed by atoms with Gasteiger partial charge in [-0.05, 0) is 180 Å². The zero-order valence-corrected chi connectivity index (χ0v) is 77.4. The molecule has 0 unspecified atom stereocenters. The summed E-state index contributed by atoms with van der Waals surface area (Å²) in [5.74, 6) is 1.85. The smallest absolute Gasteiger partial charge is 0.235 e. The monoisotopic (exact) mass is 1840 g/mol. The van der Waals surface area contributed by atoms with Crippen molar-refractivity contribution in [1.82, 2.24) is 39.0 Å². The van der Waals surface area contributed by atoms with Crippen molar-refractivity contribution in [2.24, 2.45) is 0 Å². The van der Waals surface area contributed by atoms with Gasteiger partial charge in [-0.25, -0.2) is 29.9 Å². The van der Waals surface area contributed by atoms with Crippen LogP contribution in [0.25, 0.3) is 275 Å². The van der Waals surface area contributed by atoms with Crippen molar-refractivity contribution in [3.63, 3.8) is 0 Å². The van der Waals surface area contributed by atoms with Crippen LogP contribution in [0.15, 0.2) is 492 Å². The standard InChI is InChI=1S/C46H27N3O.C44H25N3O.C42H27N3O/c1-2-11-28(12-3-1)31-23-25-40-38(27-31)42-32-15-6-4-13-29(32)22-26-41(42)49(40)46-47-39-20-9-8-17-36(39)43(48-46)37-19-10-18-34-35-24-21-30-14-5-7-16-33(30)44(35)50-45(34)37;1-4-13-29-26(10-1)21-24-37-39(29)40-30-14-5-2-11-27(30)22-25-38(40)47(37)44-45-36-19-8-7-16-34(36)41(46-44)35-18-9-17-32-33-23-20-28-12-3-6-15-31(28)42(33)48-43(32)35;1-3-12-28(13-4-1)29-22-25-32(26-23-29)45(31-15-5-2-6-16-31)42-43-38-21-10-9-18-36(38)39(44-42)37-20-11-19-34-35-27-24-30-14-7-8-17-33(30)40(35)46-41(34)37/h1-27H;1-25H;1-27H. The fourth-order valence-electron chi connectivity index (χ4n) is 22.2. The lowest BCUT2D eigenvalue weighted by Gasteiger charge is -2.24. The Morgan fingerprint density at radius 3 is 0.896 bits per heavy atom. The summed E-state index contributed by atoms with van der Waals surface area (Å²) in [4.78, 5) is 34.0. The maximum absolute atomic E-state index is 6.81. The van der Waals surface area contributed by atoms with Crippen molar-refractivity contribution in [3.8, 4) is 67.9 Å². The Morgan fingerprint density at radius 2 is 0.465 bits per heavy atom. The third-order valence-corrected chi connectivity index (χ3v) is 28.9. The fraction of sp³-hybridized carbons (Fsp3) is 0. The van der Waals surface area contributed by atoms with E-state index in [2.05, 4.69) is 445 Å². The predicted molar refractivity (Wildman–Crippen MR) is 596 cm³/mol. The second-order valence-corrected chi connectivity index (χ2v) is 36.9. The van der Waals surface area contributed by atoms with E-state index in [0.29, 0.717) is 17.8 Å². The third kappa shape index (κ3) is 13.2. The highest BCUT2D eigenvalue weighted by molar-refractivity contribution is 6.30. The lowest BCUT2D eigenvalue weighted by Crippen LogP contribution is -2.14. The van der Waals surface area contributed by atoms with E-state index in [-0.39, 0.29) is 0 Å². The summed E-state index contributed by atoms with van der Waals surface area (Å²) < 4.78 is 24.8. The van der Waals surface area contributed by atoms with Crippen molar-refractivity contribution in [3.05, 3.63) is 479 Å². The highest BCUT2D eigenvalue weighted by atomic mass is 16.3. The normalized spacial score (nSPS) is 11.9. The Balaban J connectivity index is 0.000000103. The van der Waals surface area contributed by atoms with Gasteiger partial charge in [-0.2, -0.15) is 0 Å². The van der Waals surface area contributed by atoms with Gasteiger partial charge in [-0.15, -0.1) is 0 Å². The van der Waals surface area contributed by atoms with Crippen LogP contribution < -0.4 is 4.90 Å². The Labute approximate surface area is 822 Å². The van der Waals surface area contributed by atoms with Crippen LogP contribution in [0.4, 0.5) is 17.3 Å². The molecule has 0 fully saturated rings. The topological polar surface area (TPSA) is 130 Å². The largest absolute Gasteiger partial charge is 0.455 e. The highest BCUT2D eigenvalue weighted by Gasteiger charge is 2.29. The van der Waals surface area contributed by atoms with E-state index in [1.807, 2.05) is 48.5 Å². The number of benzene rings is 23. The molecule has 0 amide bonds. The molecule has 12 nitrogen and oxygen atoms in total. The van der Waals surface area contributed by atoms with Gasteiger partial charge in [0, 0.05) is 114 Å². The van der Waals surface area contributed by atoms with E-state index in [1.54, 1.807) is 0 Å². The minimum Gasteiger partial charge on any atom is -0.455 e. The molecular weight excluding hydrogens is 1760 g/mol. The van der Waals surface area contributed by atoms with Gasteiger partial charge < -0.3 is 13.3 Å². The van der Waals surface area contributed by atoms with Gasteiger partial charge in [0.25, 0.3) is 0 Å². The quantitative estimate of drug-likeness (QED) is 0.130. The van der Waals surface area contributed by atoms with Crippen LogP contribution in [-0.2, 0) is 0 Å². The molecule has 23 aromatic carbocycles. The van der Waals surface area contributed by atoms with Crippen LogP contribution in [0.1, 0.15) is 0 Å². The van der Waals surface area contributed by atoms with Crippen molar-refractivity contribution in [2.75, 3.05) is 4.90 Å². The van der Waals surface area contributed by atoms with Crippen LogP contribution in [0.2, 0.25) is 0 Å². The lowest BCUT2D eigenvalue weighted by atomic mass is 10.00. The van der Waals surface area contributed by atoms with Crippen LogP contribution in [0.3, 0.4) is 0 Å². The molecule has 670 valence electrons. The number of rotatable bonds is 10. The third-order valence-electron chi connectivity index (χ3n) is 28.9. The first-order valence-corrected chi connectivity index (χ1v) is 48.6. The van der Waals surface area contributed by atoms with Gasteiger partial charge in [0.2, 0.25) is 17.8 Å². The van der Waals surface area contributed by atoms with Gasteiger partial charge in [0.05, 0.1) is 55.7 Å². The maximum atomic E-state index is 6.81. The van der Waals surface area contributed by atoms with E-state index in [0.717, 1.165) is 204 Å². The zero-order chi connectivity index (χ0) is 94.6. The molecular formula is C132H79N9O3. The molecule has 0 saturated carbocycles. The number of aromatic nitrogens is 8. The van der Waals surface area contributed by atoms with E-state index in [9.17, 15) is 0 Å². The van der Waals surface area contributed by atoms with E-state index in [1.165, 1.54) is 70.6 Å². The molecule has 144 heavy (non-hydrogen) atoms. The molecule has 0 bridgehead atoms. The summed E-state index contributed by atoms with van der Waals surface area (Å²) in [7, 11) is 0. The summed E-state index contributed by atoms with van der Waals surface area (Å²) in [6.45, 7) is 0. The van der Waals surface area contributed by atoms with Gasteiger partial charge in [-0.3, -0.25) is 14.0 Å². The average molecular weight is 1840 g/mol. The van der Waals surface area contributed by atoms with Gasteiger partial charge in [0.1, 0.15) is 33.5 Å². The molecule has 31 aromatic rings. The first kappa shape index (κ1) is 81.6. The maximum Gasteiger partial charge on any atom is 0.235 e. The van der Waals surface area contributed by atoms with Crippen molar-refractivity contribution in [2.45, 2.75) is 0 Å². The highest BCUT2D eigenvalue weighted by Crippen LogP contribution is 2.49. The van der Waals surface area contributed by atoms with Crippen molar-refractivity contribution >= 4 is 224 Å². The first-order valence-electron chi connectivity index (χ1n) is 48.6. The SMILES string of the molecule is c1ccc(-c2ccc(N(c3ccccc3)c3nc(-c4cccc5c4oc4c6ccccc6ccc54)c4ccccc4n3)cc2)cc1.c1ccc(-c2ccc3c(c2)c2c4ccccc4ccc2n3-c2nc(-c3cccc4c3oc3c5ccccc5ccc43)c3ccccc3n2)cc1.c1ccc2c(c1)ccc1c3cccc(-c4nc(-n5c6ccc7ccccc7c6c6c7ccccc7ccc65)nc5ccccc45)c3oc21. The Bertz CT molecular complexity index is 10600. The minimum atomic E-state index is 0.589. The summed E-state index contributed by atoms with van der Waals surface area (Å²) in [5, 5.41) is 28.3. The van der Waals surface area contributed by atoms with E-state index >= 15 is 0 Å². The van der Waals surface area contributed by atoms with E-state index in [4.69, 9.17) is 43.2 Å². The van der Waals surface area contributed by atoms with Crippen LogP contribution in [0.5, 0.6) is 0 Å². The Morgan fingerprint density at radius 1 is 0.174 bits per heavy atom. The second-order valence-electron chi connectivity index (χ2n) is 36.9. The molecule has 0 N–H and O–H groups in total. The number of hydrogen-bond donors (Lipinski definition) is 0. The number of nitrogens with zero attached hydrogens (tertiary/aromatic N) is 9. The minimum absolute atomic E-state index is 0.589. The van der Waals surface area contributed by atoms with Crippen molar-refractivity contribution < 1.29 is 13.3 Å². The fourth-order valence-corrected chi connectivity index (χ4v) is 22.2. The second kappa shape index (κ2) is 33.1. The first-order chi connectivity index (χ1) is 71.4. The average Bonchev–Trinajstić information content (AvgIpc) is 1.55. The van der Waals surface area contributed by atoms with Crippen LogP contribution in [0, 0.1) is 0 Å². The summed E-state index contributed by atoms with van der Waals surface area (Å²) in [6, 6.07) is 168. The molecule has 0 radical (unpaired) electrons. The number of para-hydroxylation sites is 7. The lowest BCUT2D eigenvalue weighted by molar-refractivity contribution is 0.673. The molecule has 12 heteroatoms. The molecule has 8 aromatic heterocycles. The summed E-state index contributed by atoms with van der Waals surface area (Å²) in [6.07, 6.45) is 0. The number of furan rings is 3. The van der Waals surface area contributed by atoms with Crippen LogP contribution in [-0.4, -0.2) is 39.0 Å². The Kier molecular flexibility index (Phi) is 18.8. The number of hydrogen-bond acceptors (Lipinski definition) is 10. The molecule has 0 saturated heterocycles. The zero-order valence-electron chi connectivity index (χ0n) is 77.4. The molecule has 8 heterocycles. The van der Waals surface area contributed by atoms with Gasteiger partial charge >= 0.3 is 0 Å². The summed E-state index contributed by atoms with van der Waals surface area (Å²) in [5.41, 5.74) is 24.1. The molecule has 0 aliphatic rings. The van der Waals surface area contributed by atoms with Crippen molar-refractivity contribution in [1.29, 1.82) is 0 Å². The molecule has 0 aliphatic heterocycles. The number of fused-ring (bicyclic) bond motifs is 30. The molecule has 0 aliphatic carbocycles. The van der Waals surface area contributed by atoms with Gasteiger partial charge in [-0.1, -0.05) is 370 Å². The predicted octanol–water partition coefficient (Wildman–Crippen LogP) is 35.5. The van der Waals surface area contributed by atoms with E-state index < -0.39 is 0 Å². The van der Waals surface area contributed by atoms with Crippen LogP contribution >= 0.6 is 0 Å². The molecule has 0 spiro atoms. The Hall–Kier alpha value is -19.6. The van der Waals surface area contributed by atoms with Gasteiger partial charge in [0.15, 0.2) is 0 Å².